The molecule has 4 rings (SSSR count). The first-order valence-electron chi connectivity index (χ1n) is 8.55. The average Bonchev–Trinajstić information content (AvgIpc) is 3.27. The molecule has 0 aliphatic carbocycles. The molecular formula is C19H21N5O. The van der Waals surface area contributed by atoms with Gasteiger partial charge in [-0.15, -0.1) is 0 Å². The number of aromatic nitrogens is 4. The van der Waals surface area contributed by atoms with Crippen molar-refractivity contribution < 1.29 is 4.79 Å². The summed E-state index contributed by atoms with van der Waals surface area (Å²) >= 11 is 0. The molecule has 25 heavy (non-hydrogen) atoms. The summed E-state index contributed by atoms with van der Waals surface area (Å²) in [5.41, 5.74) is 2.12. The van der Waals surface area contributed by atoms with Crippen molar-refractivity contribution in [3.63, 3.8) is 0 Å². The first kappa shape index (κ1) is 15.6. The summed E-state index contributed by atoms with van der Waals surface area (Å²) in [4.78, 5) is 19.3. The second-order valence-electron chi connectivity index (χ2n) is 6.41. The van der Waals surface area contributed by atoms with Crippen LogP contribution in [0, 0.1) is 6.92 Å². The molecule has 0 radical (unpaired) electrons. The molecule has 128 valence electrons. The highest BCUT2D eigenvalue weighted by Crippen LogP contribution is 2.29. The second kappa shape index (κ2) is 6.55. The van der Waals surface area contributed by atoms with Crippen LogP contribution < -0.4 is 0 Å². The Bertz CT molecular complexity index is 867. The zero-order valence-corrected chi connectivity index (χ0v) is 14.2. The lowest BCUT2D eigenvalue weighted by atomic mass is 10.0. The Labute approximate surface area is 146 Å². The topological polar surface area (TPSA) is 56.0 Å². The number of carbonyl (C=O) groups excluding carboxylic acids is 1. The third-order valence-corrected chi connectivity index (χ3v) is 4.69. The predicted octanol–water partition coefficient (Wildman–Crippen LogP) is 2.56. The number of hydrogen-bond acceptors (Lipinski definition) is 3. The summed E-state index contributed by atoms with van der Waals surface area (Å²) in [6, 6.07) is 12.2. The van der Waals surface area contributed by atoms with E-state index in [1.165, 1.54) is 0 Å². The van der Waals surface area contributed by atoms with Gasteiger partial charge in [0.15, 0.2) is 0 Å². The molecular weight excluding hydrogens is 314 g/mol. The van der Waals surface area contributed by atoms with E-state index in [2.05, 4.69) is 26.8 Å². The summed E-state index contributed by atoms with van der Waals surface area (Å²) in [6.07, 6.45) is 6.14. The molecule has 0 N–H and O–H groups in total. The smallest absolute Gasteiger partial charge is 0.225 e. The van der Waals surface area contributed by atoms with Crippen LogP contribution in [0.4, 0.5) is 0 Å². The molecule has 6 nitrogen and oxygen atoms in total. The predicted molar refractivity (Wildman–Crippen MR) is 93.5 cm³/mol. The van der Waals surface area contributed by atoms with E-state index in [1.807, 2.05) is 53.2 Å². The number of fused-ring (bicyclic) bond motifs is 1. The lowest BCUT2D eigenvalue weighted by Gasteiger charge is -2.36. The van der Waals surface area contributed by atoms with Crippen LogP contribution in [0.25, 0.3) is 0 Å². The number of amides is 1. The van der Waals surface area contributed by atoms with Gasteiger partial charge in [-0.25, -0.2) is 4.98 Å². The molecule has 0 spiro atoms. The van der Waals surface area contributed by atoms with Crippen molar-refractivity contribution >= 4 is 5.91 Å². The van der Waals surface area contributed by atoms with Crippen LogP contribution in [0.15, 0.2) is 55.0 Å². The van der Waals surface area contributed by atoms with E-state index in [4.69, 9.17) is 0 Å². The minimum Gasteiger partial charge on any atom is -0.331 e. The molecule has 1 aromatic carbocycles. The molecule has 3 heterocycles. The van der Waals surface area contributed by atoms with E-state index in [0.29, 0.717) is 19.5 Å². The minimum absolute atomic E-state index is 0.0368. The van der Waals surface area contributed by atoms with E-state index in [1.54, 1.807) is 6.20 Å². The van der Waals surface area contributed by atoms with Crippen LogP contribution in [0.5, 0.6) is 0 Å². The number of carbonyl (C=O) groups is 1. The molecule has 0 unspecified atom stereocenters. The Kier molecular flexibility index (Phi) is 4.09. The summed E-state index contributed by atoms with van der Waals surface area (Å²) < 4.78 is 3.97. The summed E-state index contributed by atoms with van der Waals surface area (Å²) in [7, 11) is 0. The Hall–Kier alpha value is -2.89. The van der Waals surface area contributed by atoms with Crippen LogP contribution in [0.1, 0.15) is 29.5 Å². The minimum atomic E-state index is 0.0368. The average molecular weight is 335 g/mol. The highest BCUT2D eigenvalue weighted by atomic mass is 16.2. The fourth-order valence-corrected chi connectivity index (χ4v) is 3.37. The van der Waals surface area contributed by atoms with Gasteiger partial charge in [-0.1, -0.05) is 30.3 Å². The zero-order valence-electron chi connectivity index (χ0n) is 14.2. The normalized spacial score (nSPS) is 16.7. The zero-order chi connectivity index (χ0) is 17.2. The molecule has 0 bridgehead atoms. The van der Waals surface area contributed by atoms with E-state index in [9.17, 15) is 4.79 Å². The van der Waals surface area contributed by atoms with Crippen LogP contribution in [-0.2, 0) is 24.4 Å². The molecule has 0 saturated heterocycles. The Morgan fingerprint density at radius 1 is 1.20 bits per heavy atom. The summed E-state index contributed by atoms with van der Waals surface area (Å²) in [6.45, 7) is 3.84. The van der Waals surface area contributed by atoms with E-state index < -0.39 is 0 Å². The quantitative estimate of drug-likeness (QED) is 0.736. The van der Waals surface area contributed by atoms with Gasteiger partial charge < -0.3 is 9.47 Å². The van der Waals surface area contributed by atoms with E-state index in [-0.39, 0.29) is 11.9 Å². The molecule has 2 aromatic heterocycles. The molecule has 1 aliphatic rings. The van der Waals surface area contributed by atoms with Crippen molar-refractivity contribution in [3.8, 4) is 0 Å². The highest BCUT2D eigenvalue weighted by Gasteiger charge is 2.31. The van der Waals surface area contributed by atoms with Crippen molar-refractivity contribution in [1.82, 2.24) is 24.2 Å². The molecule has 0 fully saturated rings. The number of benzene rings is 1. The molecule has 1 aliphatic heterocycles. The van der Waals surface area contributed by atoms with Crippen molar-refractivity contribution in [2.24, 2.45) is 0 Å². The summed E-state index contributed by atoms with van der Waals surface area (Å²) in [5, 5.41) is 4.36. The number of aryl methyl sites for hydroxylation is 2. The Morgan fingerprint density at radius 2 is 2.04 bits per heavy atom. The van der Waals surface area contributed by atoms with Crippen molar-refractivity contribution in [3.05, 3.63) is 72.1 Å². The molecule has 1 amide bonds. The van der Waals surface area contributed by atoms with Gasteiger partial charge >= 0.3 is 0 Å². The Morgan fingerprint density at radius 3 is 2.80 bits per heavy atom. The highest BCUT2D eigenvalue weighted by molar-refractivity contribution is 5.76. The fourth-order valence-electron chi connectivity index (χ4n) is 3.37. The molecule has 3 aromatic rings. The molecule has 0 saturated carbocycles. The van der Waals surface area contributed by atoms with E-state index in [0.717, 1.165) is 23.6 Å². The van der Waals surface area contributed by atoms with Gasteiger partial charge in [-0.2, -0.15) is 5.10 Å². The maximum Gasteiger partial charge on any atom is 0.225 e. The van der Waals surface area contributed by atoms with E-state index >= 15 is 0 Å². The van der Waals surface area contributed by atoms with Gasteiger partial charge in [-0.05, 0) is 18.6 Å². The second-order valence-corrected chi connectivity index (χ2v) is 6.41. The van der Waals surface area contributed by atoms with Gasteiger partial charge in [0.05, 0.1) is 18.3 Å². The Balaban J connectivity index is 1.55. The van der Waals surface area contributed by atoms with Crippen LogP contribution >= 0.6 is 0 Å². The maximum atomic E-state index is 12.9. The fraction of sp³-hybridized carbons (Fsp3) is 0.316. The maximum absolute atomic E-state index is 12.9. The molecule has 6 heteroatoms. The van der Waals surface area contributed by atoms with Gasteiger partial charge in [0, 0.05) is 38.1 Å². The number of imidazole rings is 1. The first-order chi connectivity index (χ1) is 12.2. The van der Waals surface area contributed by atoms with Gasteiger partial charge in [0.2, 0.25) is 5.91 Å². The number of nitrogens with zero attached hydrogens (tertiary/aromatic N) is 5. The van der Waals surface area contributed by atoms with Gasteiger partial charge in [0.25, 0.3) is 0 Å². The largest absolute Gasteiger partial charge is 0.331 e. The summed E-state index contributed by atoms with van der Waals surface area (Å²) in [5.74, 6) is 1.08. The van der Waals surface area contributed by atoms with Crippen LogP contribution in [-0.4, -0.2) is 30.1 Å². The third-order valence-electron chi connectivity index (χ3n) is 4.69. The lowest BCUT2D eigenvalue weighted by Crippen LogP contribution is -2.41. The van der Waals surface area contributed by atoms with Crippen LogP contribution in [0.3, 0.4) is 0 Å². The van der Waals surface area contributed by atoms with Gasteiger partial charge in [0.1, 0.15) is 5.82 Å². The van der Waals surface area contributed by atoms with Crippen molar-refractivity contribution in [1.29, 1.82) is 0 Å². The standard InChI is InChI=1S/C19H21N5O/c1-15-7-10-23(21-15)11-8-19(25)24-14-18-20-9-12-22(18)13-17(24)16-5-3-2-4-6-16/h2-7,9-10,12,17H,8,11,13-14H2,1H3/t17-/m1/s1. The number of hydrogen-bond donors (Lipinski definition) is 0. The molecule has 1 atom stereocenters. The third kappa shape index (κ3) is 3.20. The first-order valence-corrected chi connectivity index (χ1v) is 8.55. The lowest BCUT2D eigenvalue weighted by molar-refractivity contribution is -0.136. The van der Waals surface area contributed by atoms with Crippen LogP contribution in [0.2, 0.25) is 0 Å². The van der Waals surface area contributed by atoms with Crippen molar-refractivity contribution in [2.45, 2.75) is 39.0 Å². The number of rotatable bonds is 4. The monoisotopic (exact) mass is 335 g/mol. The van der Waals surface area contributed by atoms with Gasteiger partial charge in [-0.3, -0.25) is 9.48 Å². The van der Waals surface area contributed by atoms with Crippen molar-refractivity contribution in [2.75, 3.05) is 0 Å². The SMILES string of the molecule is Cc1ccn(CCC(=O)N2Cc3nccn3C[C@@H]2c2ccccc2)n1.